The Kier molecular flexibility index (Phi) is 3.96. The summed E-state index contributed by atoms with van der Waals surface area (Å²) in [7, 11) is 0. The van der Waals surface area contributed by atoms with Crippen LogP contribution >= 0.6 is 0 Å². The van der Waals surface area contributed by atoms with Crippen LogP contribution in [0.1, 0.15) is 49.3 Å². The van der Waals surface area contributed by atoms with Crippen molar-refractivity contribution < 1.29 is 9.13 Å². The van der Waals surface area contributed by atoms with Gasteiger partial charge in [0.1, 0.15) is 18.5 Å². The van der Waals surface area contributed by atoms with Gasteiger partial charge in [0.05, 0.1) is 11.7 Å². The van der Waals surface area contributed by atoms with E-state index in [-0.39, 0.29) is 6.04 Å². The number of nitrogens with one attached hydrogen (secondary N) is 1. The van der Waals surface area contributed by atoms with Crippen molar-refractivity contribution in [3.63, 3.8) is 0 Å². The summed E-state index contributed by atoms with van der Waals surface area (Å²) in [5, 5.41) is 3.51. The summed E-state index contributed by atoms with van der Waals surface area (Å²) in [6, 6.07) is 2.48. The van der Waals surface area contributed by atoms with Crippen molar-refractivity contribution >= 4 is 5.69 Å². The predicted molar refractivity (Wildman–Crippen MR) is 91.6 cm³/mol. The van der Waals surface area contributed by atoms with Crippen LogP contribution in [-0.4, -0.2) is 38.5 Å². The van der Waals surface area contributed by atoms with E-state index in [9.17, 15) is 4.39 Å². The molecule has 23 heavy (non-hydrogen) atoms. The maximum absolute atomic E-state index is 13.8. The molecule has 0 spiro atoms. The van der Waals surface area contributed by atoms with Gasteiger partial charge in [0.15, 0.2) is 0 Å². The molecular weight excluding hydrogens is 291 g/mol. The molecule has 0 saturated heterocycles. The number of nitrogens with zero attached hydrogens (tertiary/aromatic N) is 1. The third kappa shape index (κ3) is 2.82. The van der Waals surface area contributed by atoms with Gasteiger partial charge in [0, 0.05) is 6.54 Å². The maximum Gasteiger partial charge on any atom is 0.143 e. The van der Waals surface area contributed by atoms with E-state index in [0.717, 1.165) is 31.7 Å². The van der Waals surface area contributed by atoms with Gasteiger partial charge in [-0.25, -0.2) is 4.39 Å². The predicted octanol–water partition coefficient (Wildman–Crippen LogP) is 3.20. The molecule has 4 heteroatoms. The summed E-state index contributed by atoms with van der Waals surface area (Å²) in [5.41, 5.74) is 5.65. The second kappa shape index (κ2) is 5.97. The number of halogens is 1. The molecule has 3 nitrogen and oxygen atoms in total. The van der Waals surface area contributed by atoms with Crippen molar-refractivity contribution in [2.45, 2.75) is 57.7 Å². The number of hydrogen-bond donors (Lipinski definition) is 1. The van der Waals surface area contributed by atoms with Gasteiger partial charge in [-0.05, 0) is 81.3 Å². The first kappa shape index (κ1) is 15.3. The van der Waals surface area contributed by atoms with E-state index >= 15 is 0 Å². The molecule has 2 heterocycles. The lowest BCUT2D eigenvalue weighted by Crippen LogP contribution is -2.44. The number of rotatable bonds is 3. The second-order valence-electron chi connectivity index (χ2n) is 7.39. The molecule has 4 rings (SSSR count). The van der Waals surface area contributed by atoms with Gasteiger partial charge in [-0.1, -0.05) is 0 Å². The van der Waals surface area contributed by atoms with Crippen LogP contribution in [0.2, 0.25) is 0 Å². The van der Waals surface area contributed by atoms with Crippen molar-refractivity contribution in [2.75, 3.05) is 31.1 Å². The summed E-state index contributed by atoms with van der Waals surface area (Å²) in [6.45, 7) is 7.01. The molecule has 0 bridgehead atoms. The van der Waals surface area contributed by atoms with E-state index in [0.29, 0.717) is 19.1 Å². The van der Waals surface area contributed by atoms with E-state index in [1.54, 1.807) is 6.92 Å². The highest BCUT2D eigenvalue weighted by Crippen LogP contribution is 2.52. The highest BCUT2D eigenvalue weighted by molar-refractivity contribution is 5.71. The number of anilines is 1. The zero-order valence-electron chi connectivity index (χ0n) is 14.2. The molecule has 0 radical (unpaired) electrons. The van der Waals surface area contributed by atoms with Gasteiger partial charge in [0.25, 0.3) is 0 Å². The number of fused-ring (bicyclic) bond motifs is 2. The topological polar surface area (TPSA) is 24.5 Å². The zero-order valence-corrected chi connectivity index (χ0v) is 14.2. The smallest absolute Gasteiger partial charge is 0.143 e. The van der Waals surface area contributed by atoms with Crippen LogP contribution in [0, 0.1) is 0 Å². The number of alkyl halides is 1. The van der Waals surface area contributed by atoms with E-state index in [2.05, 4.69) is 23.2 Å². The van der Waals surface area contributed by atoms with Crippen LogP contribution in [0.3, 0.4) is 0 Å². The summed E-state index contributed by atoms with van der Waals surface area (Å²) < 4.78 is 19.9. The molecule has 126 valence electrons. The van der Waals surface area contributed by atoms with Gasteiger partial charge < -0.3 is 15.0 Å². The van der Waals surface area contributed by atoms with Crippen LogP contribution in [0.5, 0.6) is 5.75 Å². The Morgan fingerprint density at radius 2 is 2.13 bits per heavy atom. The fourth-order valence-corrected chi connectivity index (χ4v) is 4.12. The second-order valence-corrected chi connectivity index (χ2v) is 7.39. The Labute approximate surface area is 138 Å². The summed E-state index contributed by atoms with van der Waals surface area (Å²) in [6.07, 6.45) is 3.87. The molecule has 1 aromatic rings. The lowest BCUT2D eigenvalue weighted by Gasteiger charge is -2.40. The molecule has 0 unspecified atom stereocenters. The molecule has 1 saturated carbocycles. The Balaban J connectivity index is 1.86. The van der Waals surface area contributed by atoms with Crippen LogP contribution in [0.15, 0.2) is 6.07 Å². The highest BCUT2D eigenvalue weighted by atomic mass is 19.1. The number of hydrogen-bond acceptors (Lipinski definition) is 3. The molecule has 1 aliphatic carbocycles. The molecule has 3 aliphatic rings. The molecule has 0 amide bonds. The Bertz CT molecular complexity index is 598. The van der Waals surface area contributed by atoms with E-state index < -0.39 is 6.17 Å². The average Bonchev–Trinajstić information content (AvgIpc) is 3.34. The lowest BCUT2D eigenvalue weighted by atomic mass is 9.90. The zero-order chi connectivity index (χ0) is 16.0. The normalized spacial score (nSPS) is 25.2. The molecule has 1 aromatic carbocycles. The van der Waals surface area contributed by atoms with E-state index in [1.807, 2.05) is 0 Å². The number of benzene rings is 1. The third-order valence-corrected chi connectivity index (χ3v) is 5.36. The van der Waals surface area contributed by atoms with Crippen molar-refractivity contribution in [3.8, 4) is 5.75 Å². The van der Waals surface area contributed by atoms with E-state index in [1.165, 1.54) is 35.2 Å². The maximum atomic E-state index is 13.8. The quantitative estimate of drug-likeness (QED) is 0.926. The van der Waals surface area contributed by atoms with Gasteiger partial charge in [-0.2, -0.15) is 0 Å². The Hall–Kier alpha value is -1.29. The van der Waals surface area contributed by atoms with E-state index in [4.69, 9.17) is 4.74 Å². The Morgan fingerprint density at radius 3 is 2.87 bits per heavy atom. The van der Waals surface area contributed by atoms with Gasteiger partial charge in [-0.15, -0.1) is 0 Å². The highest BCUT2D eigenvalue weighted by Gasteiger charge is 2.37. The largest absolute Gasteiger partial charge is 0.489 e. The van der Waals surface area contributed by atoms with Crippen molar-refractivity contribution in [2.24, 2.45) is 0 Å². The van der Waals surface area contributed by atoms with Crippen LogP contribution < -0.4 is 15.0 Å². The fraction of sp³-hybridized carbons (Fsp3) is 0.684. The molecular formula is C19H27FN2O. The third-order valence-electron chi connectivity index (χ3n) is 5.36. The first-order valence-electron chi connectivity index (χ1n) is 9.08. The van der Waals surface area contributed by atoms with Gasteiger partial charge in [0.2, 0.25) is 0 Å². The molecule has 2 atom stereocenters. The van der Waals surface area contributed by atoms with Crippen LogP contribution in [-0.2, 0) is 12.8 Å². The molecule has 1 fully saturated rings. The first-order chi connectivity index (χ1) is 11.1. The van der Waals surface area contributed by atoms with Crippen molar-refractivity contribution in [1.82, 2.24) is 5.32 Å². The standard InChI is InChI=1S/C19H27FN2O/c1-12(20)10-22-13(2)11-23-17-9-15-5-7-21-8-6-16(15)18(19(17)22)14-3-4-14/h9,12-14,21H,3-8,10-11H2,1-2H3/t12-,13-/m1/s1. The Morgan fingerprint density at radius 1 is 1.35 bits per heavy atom. The van der Waals surface area contributed by atoms with Crippen LogP contribution in [0.25, 0.3) is 0 Å². The lowest BCUT2D eigenvalue weighted by molar-refractivity contribution is 0.256. The van der Waals surface area contributed by atoms with Gasteiger partial charge >= 0.3 is 0 Å². The number of ether oxygens (including phenoxy) is 1. The minimum atomic E-state index is -0.823. The average molecular weight is 318 g/mol. The molecule has 1 N–H and O–H groups in total. The minimum absolute atomic E-state index is 0.236. The summed E-state index contributed by atoms with van der Waals surface area (Å²) in [5.74, 6) is 1.65. The minimum Gasteiger partial charge on any atom is -0.489 e. The summed E-state index contributed by atoms with van der Waals surface area (Å²) >= 11 is 0. The van der Waals surface area contributed by atoms with Crippen molar-refractivity contribution in [3.05, 3.63) is 22.8 Å². The van der Waals surface area contributed by atoms with Crippen LogP contribution in [0.4, 0.5) is 10.1 Å². The molecule has 0 aromatic heterocycles. The van der Waals surface area contributed by atoms with Crippen molar-refractivity contribution in [1.29, 1.82) is 0 Å². The summed E-state index contributed by atoms with van der Waals surface area (Å²) in [4.78, 5) is 2.27. The molecule has 2 aliphatic heterocycles. The van der Waals surface area contributed by atoms with Gasteiger partial charge in [-0.3, -0.25) is 0 Å². The fourth-order valence-electron chi connectivity index (χ4n) is 4.12. The SMILES string of the molecule is C[C@@H]1COc2cc3c(c(C4CC4)c2N1C[C@@H](C)F)CCNCC3. The first-order valence-corrected chi connectivity index (χ1v) is 9.08. The monoisotopic (exact) mass is 318 g/mol.